The first-order valence-electron chi connectivity index (χ1n) is 9.74. The van der Waals surface area contributed by atoms with Gasteiger partial charge in [-0.2, -0.15) is 0 Å². The second kappa shape index (κ2) is 16.7. The van der Waals surface area contributed by atoms with Crippen LogP contribution in [0, 0.1) is 0 Å². The molecule has 0 fully saturated rings. The highest BCUT2D eigenvalue weighted by atomic mass is 32.2. The van der Waals surface area contributed by atoms with Gasteiger partial charge in [0.05, 0.1) is 12.6 Å². The Labute approximate surface area is 193 Å². The molecule has 1 unspecified atom stereocenters. The Bertz CT molecular complexity index is 708. The predicted octanol–water partition coefficient (Wildman–Crippen LogP) is -4.85. The molecule has 0 saturated heterocycles. The molecule has 15 nitrogen and oxygen atoms in total. The van der Waals surface area contributed by atoms with E-state index in [2.05, 4.69) is 21.3 Å². The second-order valence-corrected chi connectivity index (χ2v) is 7.87. The molecule has 16 heteroatoms. The molecule has 0 heterocycles. The van der Waals surface area contributed by atoms with Gasteiger partial charge in [0.25, 0.3) is 0 Å². The molecular formula is C17H30N6O9S. The molecule has 0 radical (unpaired) electrons. The Morgan fingerprint density at radius 3 is 1.94 bits per heavy atom. The number of nitrogens with one attached hydrogen (secondary N) is 4. The third-order valence-electron chi connectivity index (χ3n) is 3.89. The van der Waals surface area contributed by atoms with E-state index in [-0.39, 0.29) is 31.8 Å². The average molecular weight is 495 g/mol. The van der Waals surface area contributed by atoms with Gasteiger partial charge < -0.3 is 48.1 Å². The molecule has 188 valence electrons. The van der Waals surface area contributed by atoms with E-state index >= 15 is 0 Å². The molecule has 3 atom stereocenters. The van der Waals surface area contributed by atoms with E-state index in [1.165, 1.54) is 0 Å². The van der Waals surface area contributed by atoms with Gasteiger partial charge in [-0.15, -0.1) is 11.8 Å². The van der Waals surface area contributed by atoms with Gasteiger partial charge in [0, 0.05) is 31.8 Å². The molecule has 0 aliphatic carbocycles. The molecule has 0 rings (SSSR count). The highest BCUT2D eigenvalue weighted by molar-refractivity contribution is 8.00. The first kappa shape index (κ1) is 30.0. The molecular weight excluding hydrogens is 464 g/mol. The maximum atomic E-state index is 11.9. The standard InChI is InChI=1S/C17H30N6O9S/c18-9(1-2-20-14(27)7-24)15(28)22-4-3-21-13(26)6-23-12(25)5-11(17(31)32)33-8-10(19)16(29)30/h9-11,24H,1-8,18-19H2,(H,20,27)(H,21,26)(H,22,28)(H,23,25)(H,29,30)(H,31,32)/t9-,10-,11?/m0/s1. The maximum absolute atomic E-state index is 11.9. The van der Waals surface area contributed by atoms with Crippen LogP contribution in [-0.2, 0) is 28.8 Å². The SMILES string of the molecule is N[C@@H](CSC(CC(=O)NCC(=O)NCCNC(=O)[C@@H](N)CCNC(=O)CO)C(=O)O)C(=O)O. The fraction of sp³-hybridized carbons (Fsp3) is 0.647. The molecule has 0 saturated carbocycles. The van der Waals surface area contributed by atoms with Gasteiger partial charge in [-0.05, 0) is 6.42 Å². The van der Waals surface area contributed by atoms with Crippen LogP contribution in [0.15, 0.2) is 0 Å². The summed E-state index contributed by atoms with van der Waals surface area (Å²) in [6.07, 6.45) is -0.333. The highest BCUT2D eigenvalue weighted by Gasteiger charge is 2.24. The average Bonchev–Trinajstić information content (AvgIpc) is 2.76. The fourth-order valence-corrected chi connectivity index (χ4v) is 3.06. The number of carboxylic acids is 2. The van der Waals surface area contributed by atoms with Gasteiger partial charge in [0.1, 0.15) is 17.9 Å². The van der Waals surface area contributed by atoms with E-state index < -0.39 is 72.5 Å². The Morgan fingerprint density at radius 1 is 0.758 bits per heavy atom. The summed E-state index contributed by atoms with van der Waals surface area (Å²) in [6.45, 7) is -0.894. The molecule has 4 amide bonds. The van der Waals surface area contributed by atoms with Crippen LogP contribution in [0.2, 0.25) is 0 Å². The number of nitrogens with two attached hydrogens (primary N) is 2. The zero-order valence-electron chi connectivity index (χ0n) is 17.7. The number of rotatable bonds is 17. The molecule has 0 aromatic rings. The minimum Gasteiger partial charge on any atom is -0.480 e. The van der Waals surface area contributed by atoms with Crippen LogP contribution in [-0.4, -0.2) is 107 Å². The number of aliphatic hydroxyl groups is 1. The van der Waals surface area contributed by atoms with Crippen LogP contribution in [0.1, 0.15) is 12.8 Å². The van der Waals surface area contributed by atoms with Crippen molar-refractivity contribution in [3.8, 4) is 0 Å². The lowest BCUT2D eigenvalue weighted by atomic mass is 10.2. The highest BCUT2D eigenvalue weighted by Crippen LogP contribution is 2.16. The minimum absolute atomic E-state index is 0.0368. The monoisotopic (exact) mass is 494 g/mol. The fourth-order valence-electron chi connectivity index (χ4n) is 2.06. The van der Waals surface area contributed by atoms with Crippen LogP contribution in [0.3, 0.4) is 0 Å². The first-order valence-corrected chi connectivity index (χ1v) is 10.8. The quantitative estimate of drug-likeness (QED) is 0.0862. The summed E-state index contributed by atoms with van der Waals surface area (Å²) in [5, 5.41) is 34.7. The summed E-state index contributed by atoms with van der Waals surface area (Å²) >= 11 is 0.709. The molecule has 0 aliphatic rings. The number of hydrogen-bond acceptors (Lipinski definition) is 10. The summed E-state index contributed by atoms with van der Waals surface area (Å²) in [5.74, 6) is -5.21. The van der Waals surface area contributed by atoms with E-state index in [1.54, 1.807) is 0 Å². The Morgan fingerprint density at radius 2 is 1.36 bits per heavy atom. The number of aliphatic carboxylic acids is 2. The van der Waals surface area contributed by atoms with Gasteiger partial charge in [0.2, 0.25) is 23.6 Å². The molecule has 11 N–H and O–H groups in total. The summed E-state index contributed by atoms with van der Waals surface area (Å²) in [5.41, 5.74) is 10.9. The largest absolute Gasteiger partial charge is 0.480 e. The minimum atomic E-state index is -1.32. The van der Waals surface area contributed by atoms with Gasteiger partial charge in [-0.1, -0.05) is 0 Å². The third-order valence-corrected chi connectivity index (χ3v) is 5.21. The predicted molar refractivity (Wildman–Crippen MR) is 116 cm³/mol. The summed E-state index contributed by atoms with van der Waals surface area (Å²) < 4.78 is 0. The number of thioether (sulfide) groups is 1. The molecule has 33 heavy (non-hydrogen) atoms. The van der Waals surface area contributed by atoms with Gasteiger partial charge in [-0.3, -0.25) is 28.8 Å². The normalized spacial score (nSPS) is 13.2. The van der Waals surface area contributed by atoms with Crippen LogP contribution in [0.5, 0.6) is 0 Å². The summed E-state index contributed by atoms with van der Waals surface area (Å²) in [6, 6.07) is -2.17. The number of aliphatic hydroxyl groups excluding tert-OH is 1. The van der Waals surface area contributed by atoms with Gasteiger partial charge in [-0.25, -0.2) is 0 Å². The molecule has 0 aliphatic heterocycles. The zero-order valence-corrected chi connectivity index (χ0v) is 18.6. The molecule has 0 spiro atoms. The van der Waals surface area contributed by atoms with Crippen molar-refractivity contribution < 1.29 is 44.1 Å². The zero-order chi connectivity index (χ0) is 25.4. The summed E-state index contributed by atoms with van der Waals surface area (Å²) in [4.78, 5) is 68.1. The lowest BCUT2D eigenvalue weighted by Crippen LogP contribution is -2.46. The van der Waals surface area contributed by atoms with Crippen molar-refractivity contribution >= 4 is 47.3 Å². The van der Waals surface area contributed by atoms with Crippen molar-refractivity contribution in [3.63, 3.8) is 0 Å². The Balaban J connectivity index is 4.09. The van der Waals surface area contributed by atoms with Crippen molar-refractivity contribution in [1.82, 2.24) is 21.3 Å². The number of carboxylic acid groups (broad SMARTS) is 2. The number of carbonyl (C=O) groups excluding carboxylic acids is 4. The van der Waals surface area contributed by atoms with Gasteiger partial charge >= 0.3 is 11.9 Å². The van der Waals surface area contributed by atoms with Crippen LogP contribution < -0.4 is 32.7 Å². The van der Waals surface area contributed by atoms with Crippen LogP contribution >= 0.6 is 11.8 Å². The van der Waals surface area contributed by atoms with E-state index in [9.17, 15) is 28.8 Å². The van der Waals surface area contributed by atoms with Crippen LogP contribution in [0.4, 0.5) is 0 Å². The smallest absolute Gasteiger partial charge is 0.321 e. The number of carbonyl (C=O) groups is 6. The molecule has 0 aromatic carbocycles. The van der Waals surface area contributed by atoms with Crippen molar-refractivity contribution in [2.45, 2.75) is 30.2 Å². The first-order chi connectivity index (χ1) is 15.5. The Kier molecular flexibility index (Phi) is 15.2. The topological polar surface area (TPSA) is 263 Å². The van der Waals surface area contributed by atoms with Crippen molar-refractivity contribution in [1.29, 1.82) is 0 Å². The molecule has 0 aromatic heterocycles. The van der Waals surface area contributed by atoms with Gasteiger partial charge in [0.15, 0.2) is 0 Å². The second-order valence-electron chi connectivity index (χ2n) is 6.63. The van der Waals surface area contributed by atoms with E-state index in [4.69, 9.17) is 26.8 Å². The molecule has 0 bridgehead atoms. The maximum Gasteiger partial charge on any atom is 0.321 e. The number of amides is 4. The van der Waals surface area contributed by atoms with Crippen LogP contribution in [0.25, 0.3) is 0 Å². The Hall–Kier alpha value is -2.95. The van der Waals surface area contributed by atoms with E-state index in [0.29, 0.717) is 11.8 Å². The number of hydrogen-bond donors (Lipinski definition) is 9. The van der Waals surface area contributed by atoms with Crippen molar-refractivity contribution in [2.24, 2.45) is 11.5 Å². The van der Waals surface area contributed by atoms with E-state index in [0.717, 1.165) is 0 Å². The lowest BCUT2D eigenvalue weighted by molar-refractivity contribution is -0.139. The van der Waals surface area contributed by atoms with Crippen molar-refractivity contribution in [2.75, 3.05) is 38.5 Å². The third kappa shape index (κ3) is 14.7. The van der Waals surface area contributed by atoms with Crippen molar-refractivity contribution in [3.05, 3.63) is 0 Å². The lowest BCUT2D eigenvalue weighted by Gasteiger charge is -2.14. The van der Waals surface area contributed by atoms with E-state index in [1.807, 2.05) is 0 Å². The summed E-state index contributed by atoms with van der Waals surface area (Å²) in [7, 11) is 0.